The summed E-state index contributed by atoms with van der Waals surface area (Å²) in [7, 11) is 0. The Morgan fingerprint density at radius 3 is 2.87 bits per heavy atom. The van der Waals surface area contributed by atoms with E-state index in [1.54, 1.807) is 0 Å². The number of carbonyl (C=O) groups excluding carboxylic acids is 2. The van der Waals surface area contributed by atoms with Crippen LogP contribution in [0.25, 0.3) is 0 Å². The van der Waals surface area contributed by atoms with Gasteiger partial charge in [0.15, 0.2) is 5.78 Å². The van der Waals surface area contributed by atoms with Gasteiger partial charge >= 0.3 is 0 Å². The van der Waals surface area contributed by atoms with Crippen LogP contribution in [0, 0.1) is 11.8 Å². The monoisotopic (exact) mass is 200 g/mol. The molecule has 3 rings (SSSR count). The van der Waals surface area contributed by atoms with Gasteiger partial charge in [-0.25, -0.2) is 0 Å². The van der Waals surface area contributed by atoms with Crippen LogP contribution in [0.1, 0.15) is 19.3 Å². The van der Waals surface area contributed by atoms with Gasteiger partial charge in [-0.3, -0.25) is 9.59 Å². The zero-order valence-corrected chi connectivity index (χ0v) is 8.40. The normalized spacial score (nSPS) is 33.3. The molecule has 0 aromatic carbocycles. The van der Waals surface area contributed by atoms with Gasteiger partial charge in [0.25, 0.3) is 0 Å². The molecule has 0 aliphatic heterocycles. The van der Waals surface area contributed by atoms with E-state index >= 15 is 0 Å². The third-order valence-corrected chi connectivity index (χ3v) is 3.58. The molecule has 1 fully saturated rings. The van der Waals surface area contributed by atoms with Crippen LogP contribution in [0.15, 0.2) is 35.5 Å². The Morgan fingerprint density at radius 2 is 2.00 bits per heavy atom. The fourth-order valence-electron chi connectivity index (χ4n) is 2.87. The number of Topliss-reactive ketones (excluding diaryl/α,β-unsaturated/α-hetero) is 2. The molecule has 0 aromatic heterocycles. The van der Waals surface area contributed by atoms with Crippen LogP contribution >= 0.6 is 0 Å². The summed E-state index contributed by atoms with van der Waals surface area (Å²) in [5, 5.41) is 0. The molecule has 2 atom stereocenters. The molecule has 2 nitrogen and oxygen atoms in total. The first kappa shape index (κ1) is 8.84. The number of hydrogen-bond donors (Lipinski definition) is 0. The summed E-state index contributed by atoms with van der Waals surface area (Å²) in [6.45, 7) is 0. The zero-order valence-electron chi connectivity index (χ0n) is 8.40. The Morgan fingerprint density at radius 1 is 1.13 bits per heavy atom. The van der Waals surface area contributed by atoms with E-state index in [-0.39, 0.29) is 23.9 Å². The average molecular weight is 200 g/mol. The highest BCUT2D eigenvalue weighted by atomic mass is 16.2. The third kappa shape index (κ3) is 1.17. The first-order valence-corrected chi connectivity index (χ1v) is 5.42. The summed E-state index contributed by atoms with van der Waals surface area (Å²) >= 11 is 0. The molecular weight excluding hydrogens is 188 g/mol. The van der Waals surface area contributed by atoms with E-state index in [4.69, 9.17) is 0 Å². The van der Waals surface area contributed by atoms with Crippen molar-refractivity contribution in [3.8, 4) is 0 Å². The number of carbonyl (C=O) groups is 2. The minimum absolute atomic E-state index is 0.0599. The molecule has 2 unspecified atom stereocenters. The second-order valence-corrected chi connectivity index (χ2v) is 4.42. The van der Waals surface area contributed by atoms with Crippen molar-refractivity contribution >= 4 is 11.6 Å². The molecule has 3 aliphatic rings. The second kappa shape index (κ2) is 3.02. The lowest BCUT2D eigenvalue weighted by molar-refractivity contribution is -0.122. The van der Waals surface area contributed by atoms with Gasteiger partial charge in [-0.2, -0.15) is 0 Å². The van der Waals surface area contributed by atoms with Crippen molar-refractivity contribution in [2.75, 3.05) is 0 Å². The van der Waals surface area contributed by atoms with Gasteiger partial charge < -0.3 is 0 Å². The van der Waals surface area contributed by atoms with Crippen LogP contribution in [0.5, 0.6) is 0 Å². The van der Waals surface area contributed by atoms with Crippen LogP contribution in [0.3, 0.4) is 0 Å². The Labute approximate surface area is 88.4 Å². The van der Waals surface area contributed by atoms with E-state index in [0.717, 1.165) is 24.0 Å². The smallest absolute Gasteiger partial charge is 0.167 e. The molecule has 0 N–H and O–H groups in total. The van der Waals surface area contributed by atoms with Crippen molar-refractivity contribution in [1.29, 1.82) is 0 Å². The van der Waals surface area contributed by atoms with E-state index in [1.165, 1.54) is 0 Å². The van der Waals surface area contributed by atoms with Gasteiger partial charge in [0, 0.05) is 17.4 Å². The average Bonchev–Trinajstić information content (AvgIpc) is 2.55. The van der Waals surface area contributed by atoms with Crippen molar-refractivity contribution in [3.05, 3.63) is 35.5 Å². The summed E-state index contributed by atoms with van der Waals surface area (Å²) < 4.78 is 0. The summed E-state index contributed by atoms with van der Waals surface area (Å²) in [6, 6.07) is 0. The highest BCUT2D eigenvalue weighted by molar-refractivity contribution is 6.18. The molecule has 1 saturated carbocycles. The van der Waals surface area contributed by atoms with Crippen LogP contribution in [-0.4, -0.2) is 11.6 Å². The molecule has 2 heteroatoms. The number of fused-ring (bicyclic) bond motifs is 2. The van der Waals surface area contributed by atoms with E-state index in [0.29, 0.717) is 5.92 Å². The Balaban J connectivity index is 2.15. The van der Waals surface area contributed by atoms with Gasteiger partial charge in [0.05, 0.1) is 6.42 Å². The Bertz CT molecular complexity index is 437. The molecule has 0 heterocycles. The van der Waals surface area contributed by atoms with Crippen molar-refractivity contribution in [3.63, 3.8) is 0 Å². The van der Waals surface area contributed by atoms with E-state index < -0.39 is 0 Å². The van der Waals surface area contributed by atoms with Crippen molar-refractivity contribution in [2.45, 2.75) is 19.3 Å². The minimum Gasteiger partial charge on any atom is -0.299 e. The Kier molecular flexibility index (Phi) is 1.78. The largest absolute Gasteiger partial charge is 0.299 e. The van der Waals surface area contributed by atoms with Crippen molar-refractivity contribution in [1.82, 2.24) is 0 Å². The summed E-state index contributed by atoms with van der Waals surface area (Å²) in [4.78, 5) is 23.3. The predicted molar refractivity (Wildman–Crippen MR) is 56.2 cm³/mol. The maximum atomic E-state index is 11.7. The lowest BCUT2D eigenvalue weighted by Crippen LogP contribution is -2.20. The van der Waals surface area contributed by atoms with Gasteiger partial charge in [-0.15, -0.1) is 0 Å². The van der Waals surface area contributed by atoms with E-state index in [1.807, 2.05) is 18.2 Å². The van der Waals surface area contributed by atoms with Gasteiger partial charge in [-0.1, -0.05) is 24.3 Å². The van der Waals surface area contributed by atoms with Gasteiger partial charge in [0.1, 0.15) is 5.78 Å². The first-order valence-electron chi connectivity index (χ1n) is 5.42. The van der Waals surface area contributed by atoms with Crippen LogP contribution < -0.4 is 0 Å². The number of allylic oxidation sites excluding steroid dienone is 6. The van der Waals surface area contributed by atoms with Crippen LogP contribution in [-0.2, 0) is 9.59 Å². The molecule has 3 aliphatic carbocycles. The van der Waals surface area contributed by atoms with Crippen molar-refractivity contribution < 1.29 is 9.59 Å². The van der Waals surface area contributed by atoms with E-state index in [2.05, 4.69) is 6.08 Å². The Hall–Kier alpha value is -1.44. The topological polar surface area (TPSA) is 34.1 Å². The molecule has 76 valence electrons. The second-order valence-electron chi connectivity index (χ2n) is 4.42. The maximum absolute atomic E-state index is 11.7. The molecule has 15 heavy (non-hydrogen) atoms. The fourth-order valence-corrected chi connectivity index (χ4v) is 2.87. The van der Waals surface area contributed by atoms with E-state index in [9.17, 15) is 9.59 Å². The number of ketones is 2. The highest BCUT2D eigenvalue weighted by Crippen LogP contribution is 2.42. The standard InChI is InChI=1S/C13H12O2/c14-11-7-12(15)13-9-4-2-1-3-8(9)5-6-10(11)13/h1-4,8,10H,5-7H2. The molecule has 0 spiro atoms. The lowest BCUT2D eigenvalue weighted by atomic mass is 9.76. The summed E-state index contributed by atoms with van der Waals surface area (Å²) in [6.07, 6.45) is 10.1. The summed E-state index contributed by atoms with van der Waals surface area (Å²) in [5.41, 5.74) is 1.92. The SMILES string of the molecule is O=C1CC(=O)C2CCC3C=CC=CC3=C12. The minimum atomic E-state index is -0.0834. The lowest BCUT2D eigenvalue weighted by Gasteiger charge is -2.27. The molecular formula is C13H12O2. The van der Waals surface area contributed by atoms with Gasteiger partial charge in [0.2, 0.25) is 0 Å². The zero-order chi connectivity index (χ0) is 10.4. The third-order valence-electron chi connectivity index (χ3n) is 3.58. The predicted octanol–water partition coefficient (Wildman–Crippen LogP) is 1.98. The molecule has 0 radical (unpaired) electrons. The molecule has 0 saturated heterocycles. The quantitative estimate of drug-likeness (QED) is 0.560. The molecule has 0 amide bonds. The van der Waals surface area contributed by atoms with Gasteiger partial charge in [-0.05, 0) is 18.4 Å². The van der Waals surface area contributed by atoms with Crippen LogP contribution in [0.2, 0.25) is 0 Å². The fraction of sp³-hybridized carbons (Fsp3) is 0.385. The molecule has 0 bridgehead atoms. The molecule has 0 aromatic rings. The maximum Gasteiger partial charge on any atom is 0.167 e. The first-order chi connectivity index (χ1) is 7.27. The van der Waals surface area contributed by atoms with Crippen LogP contribution in [0.4, 0.5) is 0 Å². The number of rotatable bonds is 0. The highest BCUT2D eigenvalue weighted by Gasteiger charge is 2.41. The summed E-state index contributed by atoms with van der Waals surface area (Å²) in [5.74, 6) is 0.476. The van der Waals surface area contributed by atoms with Crippen molar-refractivity contribution in [2.24, 2.45) is 11.8 Å². The number of hydrogen-bond acceptors (Lipinski definition) is 2.